The third-order valence-corrected chi connectivity index (χ3v) is 7.94. The van der Waals surface area contributed by atoms with Crippen molar-refractivity contribution in [2.45, 2.75) is 44.9 Å². The van der Waals surface area contributed by atoms with Gasteiger partial charge in [-0.3, -0.25) is 4.79 Å². The molecule has 3 N–H and O–H groups in total. The summed E-state index contributed by atoms with van der Waals surface area (Å²) in [5, 5.41) is 14.8. The van der Waals surface area contributed by atoms with Crippen molar-refractivity contribution < 1.29 is 38.7 Å². The summed E-state index contributed by atoms with van der Waals surface area (Å²) in [5.74, 6) is -0.299. The van der Waals surface area contributed by atoms with E-state index >= 15 is 0 Å². The van der Waals surface area contributed by atoms with Crippen LogP contribution in [-0.2, 0) is 21.0 Å². The lowest BCUT2D eigenvalue weighted by Gasteiger charge is -2.28. The number of para-hydroxylation sites is 1. The van der Waals surface area contributed by atoms with E-state index in [0.717, 1.165) is 5.56 Å². The van der Waals surface area contributed by atoms with Crippen molar-refractivity contribution in [2.24, 2.45) is 5.92 Å². The van der Waals surface area contributed by atoms with Crippen molar-refractivity contribution >= 4 is 29.3 Å². The monoisotopic (exact) mass is 589 g/mol. The molecule has 2 saturated heterocycles. The minimum absolute atomic E-state index is 0.0627. The minimum atomic E-state index is -1.02. The van der Waals surface area contributed by atoms with Gasteiger partial charge in [-0.05, 0) is 74.4 Å². The van der Waals surface area contributed by atoms with Crippen LogP contribution in [0.25, 0.3) is 0 Å². The lowest BCUT2D eigenvalue weighted by atomic mass is 9.88. The molecule has 5 rings (SSSR count). The molecule has 43 heavy (non-hydrogen) atoms. The molecule has 2 aliphatic rings. The summed E-state index contributed by atoms with van der Waals surface area (Å²) in [6, 6.07) is 18.0. The van der Waals surface area contributed by atoms with E-state index in [1.165, 1.54) is 19.2 Å². The number of nitrogens with one attached hydrogen (secondary N) is 2. The second kappa shape index (κ2) is 12.3. The number of nitrogens with zero attached hydrogens (tertiary/aromatic N) is 1. The summed E-state index contributed by atoms with van der Waals surface area (Å²) in [6.07, 6.45) is -0.290. The molecule has 0 aromatic heterocycles. The smallest absolute Gasteiger partial charge is 0.335 e. The molecule has 11 heteroatoms. The van der Waals surface area contributed by atoms with Crippen molar-refractivity contribution in [1.29, 1.82) is 0 Å². The van der Waals surface area contributed by atoms with Crippen molar-refractivity contribution in [3.05, 3.63) is 83.4 Å². The standard InChI is InChI=1S/C32H35N3O8/c1-19-7-5-6-8-24(19)33-31(39)34-25-14-9-20(15-27(25)40-4)16-28(36)35-17-23-29(42-43-32(23,2)3)26(35)18-41-22-12-10-21(11-13-22)30(37)38/h5-15,23,26,29H,16-18H2,1-4H3,(H,37,38)(H2,33,34,39)/t23-,26+,29+/m0/s1. The van der Waals surface area contributed by atoms with Gasteiger partial charge in [0.2, 0.25) is 5.91 Å². The molecule has 11 nitrogen and oxygen atoms in total. The number of urea groups is 1. The van der Waals surface area contributed by atoms with Gasteiger partial charge in [-0.25, -0.2) is 19.4 Å². The highest BCUT2D eigenvalue weighted by molar-refractivity contribution is 6.01. The number of carboxylic acid groups (broad SMARTS) is 1. The fourth-order valence-corrected chi connectivity index (χ4v) is 5.45. The molecule has 2 heterocycles. The minimum Gasteiger partial charge on any atom is -0.495 e. The first-order valence-corrected chi connectivity index (χ1v) is 14.0. The number of aryl methyl sites for hydroxylation is 1. The SMILES string of the molecule is COc1cc(CC(=O)N2C[C@H]3[C@@H](OOC3(C)C)[C@H]2COc2ccc(C(=O)O)cc2)ccc1NC(=O)Nc1ccccc1C. The molecule has 3 aromatic carbocycles. The summed E-state index contributed by atoms with van der Waals surface area (Å²) < 4.78 is 11.5. The molecule has 0 saturated carbocycles. The lowest BCUT2D eigenvalue weighted by molar-refractivity contribution is -0.325. The third-order valence-electron chi connectivity index (χ3n) is 7.94. The number of likely N-dealkylation sites (tertiary alicyclic amines) is 1. The fourth-order valence-electron chi connectivity index (χ4n) is 5.45. The molecule has 0 bridgehead atoms. The number of aromatic carboxylic acids is 1. The van der Waals surface area contributed by atoms with Crippen LogP contribution in [0.4, 0.5) is 16.2 Å². The summed E-state index contributed by atoms with van der Waals surface area (Å²) in [4.78, 5) is 50.5. The van der Waals surface area contributed by atoms with Gasteiger partial charge in [0, 0.05) is 18.2 Å². The average molecular weight is 590 g/mol. The van der Waals surface area contributed by atoms with Crippen LogP contribution in [0.5, 0.6) is 11.5 Å². The molecule has 0 unspecified atom stereocenters. The number of carbonyl (C=O) groups is 3. The number of hydrogen-bond donors (Lipinski definition) is 3. The molecule has 3 aromatic rings. The first-order valence-electron chi connectivity index (χ1n) is 14.0. The van der Waals surface area contributed by atoms with Crippen LogP contribution in [0.2, 0.25) is 0 Å². The maximum absolute atomic E-state index is 13.7. The van der Waals surface area contributed by atoms with Gasteiger partial charge < -0.3 is 30.1 Å². The Hall–Kier alpha value is -4.61. The van der Waals surface area contributed by atoms with Crippen LogP contribution >= 0.6 is 0 Å². The van der Waals surface area contributed by atoms with Gasteiger partial charge in [-0.2, -0.15) is 0 Å². The summed E-state index contributed by atoms with van der Waals surface area (Å²) in [7, 11) is 1.50. The number of benzene rings is 3. The van der Waals surface area contributed by atoms with E-state index in [0.29, 0.717) is 35.0 Å². The fraction of sp³-hybridized carbons (Fsp3) is 0.344. The zero-order chi connectivity index (χ0) is 30.7. The van der Waals surface area contributed by atoms with Crippen LogP contribution in [0.3, 0.4) is 0 Å². The van der Waals surface area contributed by atoms with E-state index in [-0.39, 0.29) is 36.5 Å². The molecule has 2 fully saturated rings. The van der Waals surface area contributed by atoms with E-state index in [1.54, 1.807) is 35.2 Å². The molecule has 0 radical (unpaired) electrons. The number of anilines is 2. The van der Waals surface area contributed by atoms with Gasteiger partial charge >= 0.3 is 12.0 Å². The highest BCUT2D eigenvalue weighted by Gasteiger charge is 2.57. The predicted octanol–water partition coefficient (Wildman–Crippen LogP) is 4.90. The molecule has 226 valence electrons. The van der Waals surface area contributed by atoms with Crippen molar-refractivity contribution in [3.63, 3.8) is 0 Å². The first-order chi connectivity index (χ1) is 20.6. The lowest BCUT2D eigenvalue weighted by Crippen LogP contribution is -2.44. The Bertz CT molecular complexity index is 1510. The van der Waals surface area contributed by atoms with Crippen molar-refractivity contribution in [2.75, 3.05) is 30.9 Å². The molecule has 2 aliphatic heterocycles. The normalized spacial score (nSPS) is 20.3. The summed E-state index contributed by atoms with van der Waals surface area (Å²) >= 11 is 0. The number of carbonyl (C=O) groups excluding carboxylic acids is 2. The largest absolute Gasteiger partial charge is 0.495 e. The average Bonchev–Trinajstić information content (AvgIpc) is 3.50. The maximum Gasteiger partial charge on any atom is 0.335 e. The molecule has 0 spiro atoms. The van der Waals surface area contributed by atoms with E-state index in [9.17, 15) is 14.4 Å². The predicted molar refractivity (Wildman–Crippen MR) is 158 cm³/mol. The molecule has 0 aliphatic carbocycles. The Labute approximate surface area is 249 Å². The van der Waals surface area contributed by atoms with Gasteiger partial charge in [0.25, 0.3) is 0 Å². The number of hydrogen-bond acceptors (Lipinski definition) is 7. The van der Waals surface area contributed by atoms with E-state index in [1.807, 2.05) is 45.0 Å². The second-order valence-electron chi connectivity index (χ2n) is 11.2. The van der Waals surface area contributed by atoms with Crippen LogP contribution in [0, 0.1) is 12.8 Å². The number of carboxylic acids is 1. The number of ether oxygens (including phenoxy) is 2. The van der Waals surface area contributed by atoms with Gasteiger partial charge in [0.15, 0.2) is 0 Å². The van der Waals surface area contributed by atoms with E-state index in [2.05, 4.69) is 10.6 Å². The van der Waals surface area contributed by atoms with Gasteiger partial charge in [0.1, 0.15) is 29.8 Å². The zero-order valence-electron chi connectivity index (χ0n) is 24.5. The van der Waals surface area contributed by atoms with Crippen LogP contribution in [-0.4, -0.2) is 65.9 Å². The Kier molecular flexibility index (Phi) is 8.56. The Morgan fingerprint density at radius 2 is 1.74 bits per heavy atom. The highest BCUT2D eigenvalue weighted by Crippen LogP contribution is 2.42. The summed E-state index contributed by atoms with van der Waals surface area (Å²) in [5.41, 5.74) is 2.38. The first kappa shape index (κ1) is 29.9. The maximum atomic E-state index is 13.7. The van der Waals surface area contributed by atoms with Crippen LogP contribution in [0.1, 0.15) is 35.3 Å². The Morgan fingerprint density at radius 1 is 1.02 bits per heavy atom. The number of methoxy groups -OCH3 is 1. The topological polar surface area (TPSA) is 136 Å². The van der Waals surface area contributed by atoms with Crippen LogP contribution < -0.4 is 20.1 Å². The second-order valence-corrected chi connectivity index (χ2v) is 11.2. The van der Waals surface area contributed by atoms with E-state index < -0.39 is 23.6 Å². The highest BCUT2D eigenvalue weighted by atomic mass is 17.2. The third kappa shape index (κ3) is 6.58. The molecular weight excluding hydrogens is 554 g/mol. The number of rotatable bonds is 9. The Balaban J connectivity index is 1.27. The van der Waals surface area contributed by atoms with Crippen molar-refractivity contribution in [1.82, 2.24) is 4.90 Å². The molecule has 3 amide bonds. The van der Waals surface area contributed by atoms with Gasteiger partial charge in [-0.1, -0.05) is 24.3 Å². The number of amides is 3. The quantitative estimate of drug-likeness (QED) is 0.300. The van der Waals surface area contributed by atoms with Gasteiger partial charge in [0.05, 0.1) is 30.8 Å². The zero-order valence-corrected chi connectivity index (χ0v) is 24.5. The Morgan fingerprint density at radius 3 is 2.44 bits per heavy atom. The molecular formula is C32H35N3O8. The summed E-state index contributed by atoms with van der Waals surface area (Å²) in [6.45, 7) is 6.34. The van der Waals surface area contributed by atoms with Crippen molar-refractivity contribution in [3.8, 4) is 11.5 Å². The van der Waals surface area contributed by atoms with Gasteiger partial charge in [-0.15, -0.1) is 0 Å². The van der Waals surface area contributed by atoms with E-state index in [4.69, 9.17) is 24.4 Å². The van der Waals surface area contributed by atoms with Crippen LogP contribution in [0.15, 0.2) is 66.7 Å². The number of fused-ring (bicyclic) bond motifs is 1. The molecule has 3 atom stereocenters.